The average molecular weight is 262 g/mol. The van der Waals surface area contributed by atoms with E-state index >= 15 is 0 Å². The number of carbonyl (C=O) groups excluding carboxylic acids is 1. The molecule has 0 radical (unpaired) electrons. The summed E-state index contributed by atoms with van der Waals surface area (Å²) in [4.78, 5) is 16.8. The van der Waals surface area contributed by atoms with Gasteiger partial charge in [0.15, 0.2) is 4.80 Å². The maximum absolute atomic E-state index is 11.8. The second-order valence-electron chi connectivity index (χ2n) is 4.61. The van der Waals surface area contributed by atoms with Crippen molar-refractivity contribution in [2.45, 2.75) is 33.7 Å². The number of aromatic nitrogens is 1. The smallest absolute Gasteiger partial charge is 0.250 e. The van der Waals surface area contributed by atoms with Crippen LogP contribution in [0.25, 0.3) is 10.2 Å². The molecule has 0 saturated carbocycles. The summed E-state index contributed by atoms with van der Waals surface area (Å²) in [5.74, 6) is -0.100. The molecule has 0 aliphatic heterocycles. The minimum Gasteiger partial charge on any atom is -0.316 e. The van der Waals surface area contributed by atoms with Crippen molar-refractivity contribution in [3.8, 4) is 0 Å². The summed E-state index contributed by atoms with van der Waals surface area (Å²) in [5.41, 5.74) is 1.17. The van der Waals surface area contributed by atoms with E-state index in [1.165, 1.54) is 10.2 Å². The summed E-state index contributed by atoms with van der Waals surface area (Å²) in [6.07, 6.45) is 1.03. The number of hydrogen-bond acceptors (Lipinski definition) is 2. The zero-order valence-corrected chi connectivity index (χ0v) is 11.8. The summed E-state index contributed by atoms with van der Waals surface area (Å²) in [6, 6.07) is 8.20. The molecule has 96 valence electrons. The summed E-state index contributed by atoms with van der Waals surface area (Å²) >= 11 is 1.59. The molecule has 0 atom stereocenters. The molecule has 0 N–H and O–H groups in total. The second-order valence-corrected chi connectivity index (χ2v) is 5.62. The molecule has 3 nitrogen and oxygen atoms in total. The van der Waals surface area contributed by atoms with Gasteiger partial charge >= 0.3 is 0 Å². The van der Waals surface area contributed by atoms with Crippen molar-refractivity contribution >= 4 is 27.5 Å². The fourth-order valence-corrected chi connectivity index (χ4v) is 2.83. The summed E-state index contributed by atoms with van der Waals surface area (Å²) < 4.78 is 3.32. The Morgan fingerprint density at radius 1 is 1.39 bits per heavy atom. The second kappa shape index (κ2) is 5.48. The topological polar surface area (TPSA) is 34.4 Å². The lowest BCUT2D eigenvalue weighted by molar-refractivity contribution is -0.120. The highest BCUT2D eigenvalue weighted by Crippen LogP contribution is 2.17. The number of hydrogen-bond donors (Lipinski definition) is 0. The Balaban J connectivity index is 2.62. The molecule has 0 saturated heterocycles. The maximum atomic E-state index is 11.8. The normalized spacial score (nSPS) is 12.6. The molecule has 0 fully saturated rings. The molecule has 0 aliphatic carbocycles. The minimum atomic E-state index is -0.0507. The van der Waals surface area contributed by atoms with Gasteiger partial charge in [-0.1, -0.05) is 44.2 Å². The van der Waals surface area contributed by atoms with Crippen molar-refractivity contribution in [1.82, 2.24) is 4.57 Å². The van der Waals surface area contributed by atoms with Gasteiger partial charge in [0.1, 0.15) is 0 Å². The molecule has 2 aromatic rings. The van der Waals surface area contributed by atoms with Gasteiger partial charge in [0.25, 0.3) is 5.91 Å². The van der Waals surface area contributed by atoms with E-state index in [4.69, 9.17) is 0 Å². The van der Waals surface area contributed by atoms with Crippen LogP contribution >= 0.6 is 11.3 Å². The van der Waals surface area contributed by atoms with E-state index in [1.807, 2.05) is 26.0 Å². The van der Waals surface area contributed by atoms with Gasteiger partial charge in [0, 0.05) is 12.5 Å². The zero-order chi connectivity index (χ0) is 13.1. The number of para-hydroxylation sites is 1. The molecule has 1 aromatic carbocycles. The van der Waals surface area contributed by atoms with Crippen molar-refractivity contribution in [1.29, 1.82) is 0 Å². The quantitative estimate of drug-likeness (QED) is 0.836. The van der Waals surface area contributed by atoms with E-state index < -0.39 is 0 Å². The Bertz CT molecular complexity index is 622. The molecule has 1 heterocycles. The number of thiazole rings is 1. The number of nitrogens with zero attached hydrogens (tertiary/aromatic N) is 2. The Morgan fingerprint density at radius 2 is 2.11 bits per heavy atom. The Morgan fingerprint density at radius 3 is 2.78 bits per heavy atom. The summed E-state index contributed by atoms with van der Waals surface area (Å²) in [7, 11) is 0. The maximum Gasteiger partial charge on any atom is 0.250 e. The molecule has 0 unspecified atom stereocenters. The van der Waals surface area contributed by atoms with Gasteiger partial charge in [-0.3, -0.25) is 4.79 Å². The van der Waals surface area contributed by atoms with E-state index in [0.717, 1.165) is 17.8 Å². The first-order valence-electron chi connectivity index (χ1n) is 6.30. The third-order valence-corrected chi connectivity index (χ3v) is 3.79. The fourth-order valence-electron chi connectivity index (χ4n) is 1.77. The largest absolute Gasteiger partial charge is 0.316 e. The first-order chi connectivity index (χ1) is 8.63. The molecule has 0 bridgehead atoms. The number of amides is 1. The van der Waals surface area contributed by atoms with Gasteiger partial charge in [0.2, 0.25) is 0 Å². The number of aryl methyl sites for hydroxylation is 1. The predicted octanol–water partition coefficient (Wildman–Crippen LogP) is 3.20. The highest BCUT2D eigenvalue weighted by molar-refractivity contribution is 7.16. The standard InChI is InChI=1S/C14H18N2OS/c1-4-9-16-11-7-5-6-8-12(11)18-14(16)15-13(17)10(2)3/h5-8,10H,4,9H2,1-3H3. The van der Waals surface area contributed by atoms with Crippen molar-refractivity contribution in [2.24, 2.45) is 10.9 Å². The van der Waals surface area contributed by atoms with Gasteiger partial charge in [-0.05, 0) is 18.6 Å². The first kappa shape index (κ1) is 13.0. The molecular weight excluding hydrogens is 244 g/mol. The molecular formula is C14H18N2OS. The average Bonchev–Trinajstić information content (AvgIpc) is 2.68. The monoisotopic (exact) mass is 262 g/mol. The molecule has 18 heavy (non-hydrogen) atoms. The number of fused-ring (bicyclic) bond motifs is 1. The van der Waals surface area contributed by atoms with Crippen LogP contribution in [0.5, 0.6) is 0 Å². The number of rotatable bonds is 3. The molecule has 1 aromatic heterocycles. The summed E-state index contributed by atoms with van der Waals surface area (Å²) in [5, 5.41) is 0. The van der Waals surface area contributed by atoms with Crippen LogP contribution in [0.2, 0.25) is 0 Å². The fraction of sp³-hybridized carbons (Fsp3) is 0.429. The SMILES string of the molecule is CCCn1c(=NC(=O)C(C)C)sc2ccccc21. The van der Waals surface area contributed by atoms with E-state index in [9.17, 15) is 4.79 Å². The molecule has 1 amide bonds. The Hall–Kier alpha value is -1.42. The molecule has 0 spiro atoms. The highest BCUT2D eigenvalue weighted by Gasteiger charge is 2.08. The van der Waals surface area contributed by atoms with Gasteiger partial charge < -0.3 is 4.57 Å². The van der Waals surface area contributed by atoms with Crippen LogP contribution < -0.4 is 4.80 Å². The van der Waals surface area contributed by atoms with Crippen molar-refractivity contribution in [3.63, 3.8) is 0 Å². The van der Waals surface area contributed by atoms with Crippen LogP contribution in [0.3, 0.4) is 0 Å². The molecule has 2 rings (SSSR count). The van der Waals surface area contributed by atoms with Crippen molar-refractivity contribution in [3.05, 3.63) is 29.1 Å². The van der Waals surface area contributed by atoms with Gasteiger partial charge in [-0.15, -0.1) is 0 Å². The molecule has 4 heteroatoms. The van der Waals surface area contributed by atoms with Crippen LogP contribution in [-0.4, -0.2) is 10.5 Å². The lowest BCUT2D eigenvalue weighted by Gasteiger charge is -2.02. The van der Waals surface area contributed by atoms with Crippen LogP contribution in [-0.2, 0) is 11.3 Å². The lowest BCUT2D eigenvalue weighted by Crippen LogP contribution is -2.18. The summed E-state index contributed by atoms with van der Waals surface area (Å²) in [6.45, 7) is 6.79. The third kappa shape index (κ3) is 2.53. The van der Waals surface area contributed by atoms with Gasteiger partial charge in [-0.2, -0.15) is 4.99 Å². The Labute approximate surface area is 111 Å². The minimum absolute atomic E-state index is 0.0496. The first-order valence-corrected chi connectivity index (χ1v) is 7.12. The molecule has 0 aliphatic rings. The van der Waals surface area contributed by atoms with Gasteiger partial charge in [0.05, 0.1) is 10.2 Å². The van der Waals surface area contributed by atoms with E-state index in [1.54, 1.807) is 11.3 Å². The van der Waals surface area contributed by atoms with E-state index in [2.05, 4.69) is 28.6 Å². The lowest BCUT2D eigenvalue weighted by atomic mass is 10.2. The van der Waals surface area contributed by atoms with Crippen LogP contribution in [0.1, 0.15) is 27.2 Å². The van der Waals surface area contributed by atoms with E-state index in [-0.39, 0.29) is 11.8 Å². The van der Waals surface area contributed by atoms with Crippen LogP contribution in [0.15, 0.2) is 29.3 Å². The van der Waals surface area contributed by atoms with Crippen LogP contribution in [0, 0.1) is 5.92 Å². The third-order valence-electron chi connectivity index (χ3n) is 2.74. The number of carbonyl (C=O) groups is 1. The van der Waals surface area contributed by atoms with Gasteiger partial charge in [-0.25, -0.2) is 0 Å². The zero-order valence-electron chi connectivity index (χ0n) is 11.0. The number of benzene rings is 1. The Kier molecular flexibility index (Phi) is 3.97. The van der Waals surface area contributed by atoms with Crippen molar-refractivity contribution < 1.29 is 4.79 Å². The highest BCUT2D eigenvalue weighted by atomic mass is 32.1. The van der Waals surface area contributed by atoms with Crippen LogP contribution in [0.4, 0.5) is 0 Å². The van der Waals surface area contributed by atoms with E-state index in [0.29, 0.717) is 0 Å². The predicted molar refractivity (Wildman–Crippen MR) is 75.5 cm³/mol. The van der Waals surface area contributed by atoms with Crippen molar-refractivity contribution in [2.75, 3.05) is 0 Å².